The topological polar surface area (TPSA) is 50.9 Å². The van der Waals surface area contributed by atoms with Crippen LogP contribution in [0.15, 0.2) is 47.2 Å². The molecule has 0 unspecified atom stereocenters. The Hall–Kier alpha value is -1.46. The Balaban J connectivity index is 2.16. The van der Waals surface area contributed by atoms with Gasteiger partial charge in [0.1, 0.15) is 4.99 Å². The standard InChI is InChI=1S/C13H12BrN3S/c14-11-4-2-1-3-9(11)7-17-12-8-16-6-5-10(12)13(15)18/h1-6,8,17H,7H2,(H2,15,18). The summed E-state index contributed by atoms with van der Waals surface area (Å²) in [4.78, 5) is 4.44. The van der Waals surface area contributed by atoms with Gasteiger partial charge in [-0.3, -0.25) is 4.98 Å². The molecule has 3 N–H and O–H groups in total. The molecule has 0 fully saturated rings. The van der Waals surface area contributed by atoms with Gasteiger partial charge in [0.15, 0.2) is 0 Å². The number of pyridine rings is 1. The van der Waals surface area contributed by atoms with E-state index in [-0.39, 0.29) is 0 Å². The van der Waals surface area contributed by atoms with Crippen LogP contribution in [0.25, 0.3) is 0 Å². The number of hydrogen-bond acceptors (Lipinski definition) is 3. The normalized spacial score (nSPS) is 10.1. The first kappa shape index (κ1) is 13.0. The van der Waals surface area contributed by atoms with Crippen LogP contribution in [0.1, 0.15) is 11.1 Å². The molecule has 5 heteroatoms. The van der Waals surface area contributed by atoms with Crippen LogP contribution in [0.2, 0.25) is 0 Å². The van der Waals surface area contributed by atoms with E-state index < -0.39 is 0 Å². The molecule has 3 nitrogen and oxygen atoms in total. The fourth-order valence-electron chi connectivity index (χ4n) is 1.58. The number of hydrogen-bond donors (Lipinski definition) is 2. The number of thiocarbonyl (C=S) groups is 1. The van der Waals surface area contributed by atoms with E-state index in [2.05, 4.69) is 26.2 Å². The summed E-state index contributed by atoms with van der Waals surface area (Å²) in [6, 6.07) is 9.85. The van der Waals surface area contributed by atoms with E-state index in [1.807, 2.05) is 30.3 Å². The summed E-state index contributed by atoms with van der Waals surface area (Å²) in [5, 5.41) is 3.29. The van der Waals surface area contributed by atoms with Crippen molar-refractivity contribution in [3.63, 3.8) is 0 Å². The number of nitrogens with two attached hydrogens (primary N) is 1. The number of rotatable bonds is 4. The van der Waals surface area contributed by atoms with Crippen molar-refractivity contribution in [3.05, 3.63) is 58.3 Å². The molecule has 18 heavy (non-hydrogen) atoms. The van der Waals surface area contributed by atoms with Gasteiger partial charge in [-0.25, -0.2) is 0 Å². The van der Waals surface area contributed by atoms with Crippen molar-refractivity contribution in [2.24, 2.45) is 5.73 Å². The van der Waals surface area contributed by atoms with E-state index in [4.69, 9.17) is 18.0 Å². The Morgan fingerprint density at radius 2 is 2.11 bits per heavy atom. The van der Waals surface area contributed by atoms with Crippen molar-refractivity contribution in [1.29, 1.82) is 0 Å². The quantitative estimate of drug-likeness (QED) is 0.850. The Bertz CT molecular complexity index is 572. The molecule has 2 aromatic rings. The third-order valence-corrected chi connectivity index (χ3v) is 3.51. The lowest BCUT2D eigenvalue weighted by molar-refractivity contribution is 1.12. The molecule has 0 spiro atoms. The monoisotopic (exact) mass is 321 g/mol. The highest BCUT2D eigenvalue weighted by atomic mass is 79.9. The minimum Gasteiger partial charge on any atom is -0.389 e. The van der Waals surface area contributed by atoms with Crippen LogP contribution < -0.4 is 11.1 Å². The second kappa shape index (κ2) is 5.93. The van der Waals surface area contributed by atoms with Gasteiger partial charge in [0.25, 0.3) is 0 Å². The maximum absolute atomic E-state index is 5.67. The molecule has 2 rings (SSSR count). The Morgan fingerprint density at radius 1 is 1.33 bits per heavy atom. The fraction of sp³-hybridized carbons (Fsp3) is 0.0769. The summed E-state index contributed by atoms with van der Waals surface area (Å²) in [7, 11) is 0. The molecule has 1 heterocycles. The van der Waals surface area contributed by atoms with Crippen LogP contribution in [-0.2, 0) is 6.54 Å². The van der Waals surface area contributed by atoms with Crippen molar-refractivity contribution in [1.82, 2.24) is 4.98 Å². The molecule has 92 valence electrons. The van der Waals surface area contributed by atoms with E-state index in [1.165, 1.54) is 0 Å². The zero-order valence-electron chi connectivity index (χ0n) is 9.56. The van der Waals surface area contributed by atoms with E-state index in [0.29, 0.717) is 11.5 Å². The maximum atomic E-state index is 5.67. The van der Waals surface area contributed by atoms with Gasteiger partial charge in [0.05, 0.1) is 11.9 Å². The average molecular weight is 322 g/mol. The van der Waals surface area contributed by atoms with Crippen LogP contribution in [0.3, 0.4) is 0 Å². The zero-order valence-corrected chi connectivity index (χ0v) is 12.0. The average Bonchev–Trinajstić information content (AvgIpc) is 2.38. The molecule has 0 aliphatic rings. The Kier molecular flexibility index (Phi) is 4.28. The van der Waals surface area contributed by atoms with Gasteiger partial charge in [0.2, 0.25) is 0 Å². The first-order chi connectivity index (χ1) is 8.68. The van der Waals surface area contributed by atoms with Crippen LogP contribution >= 0.6 is 28.1 Å². The van der Waals surface area contributed by atoms with Gasteiger partial charge in [-0.15, -0.1) is 0 Å². The summed E-state index contributed by atoms with van der Waals surface area (Å²) in [5.74, 6) is 0. The van der Waals surface area contributed by atoms with E-state index in [1.54, 1.807) is 12.4 Å². The highest BCUT2D eigenvalue weighted by Gasteiger charge is 2.05. The second-order valence-electron chi connectivity index (χ2n) is 3.73. The third-order valence-electron chi connectivity index (χ3n) is 2.51. The number of halogens is 1. The first-order valence-corrected chi connectivity index (χ1v) is 6.59. The summed E-state index contributed by atoms with van der Waals surface area (Å²) in [6.45, 7) is 0.683. The lowest BCUT2D eigenvalue weighted by Crippen LogP contribution is -2.13. The van der Waals surface area contributed by atoms with Crippen LogP contribution in [0.4, 0.5) is 5.69 Å². The molecule has 0 bridgehead atoms. The number of aromatic nitrogens is 1. The smallest absolute Gasteiger partial charge is 0.106 e. The van der Waals surface area contributed by atoms with E-state index >= 15 is 0 Å². The summed E-state index contributed by atoms with van der Waals surface area (Å²) < 4.78 is 1.07. The number of nitrogens with zero attached hydrogens (tertiary/aromatic N) is 1. The molecule has 0 radical (unpaired) electrons. The van der Waals surface area contributed by atoms with Crippen molar-refractivity contribution in [2.45, 2.75) is 6.54 Å². The van der Waals surface area contributed by atoms with Crippen LogP contribution in [-0.4, -0.2) is 9.97 Å². The summed E-state index contributed by atoms with van der Waals surface area (Å²) in [6.07, 6.45) is 3.41. The maximum Gasteiger partial charge on any atom is 0.106 e. The lowest BCUT2D eigenvalue weighted by atomic mass is 10.2. The van der Waals surface area contributed by atoms with Gasteiger partial charge < -0.3 is 11.1 Å². The molecule has 0 saturated carbocycles. The SMILES string of the molecule is NC(=S)c1ccncc1NCc1ccccc1Br. The predicted molar refractivity (Wildman–Crippen MR) is 81.6 cm³/mol. The molecule has 0 atom stereocenters. The third kappa shape index (κ3) is 3.05. The van der Waals surface area contributed by atoms with E-state index in [9.17, 15) is 0 Å². The molecule has 0 amide bonds. The largest absolute Gasteiger partial charge is 0.389 e. The Morgan fingerprint density at radius 3 is 2.83 bits per heavy atom. The van der Waals surface area contributed by atoms with Gasteiger partial charge in [-0.05, 0) is 17.7 Å². The summed E-state index contributed by atoms with van der Waals surface area (Å²) in [5.41, 5.74) is 8.49. The summed E-state index contributed by atoms with van der Waals surface area (Å²) >= 11 is 8.52. The van der Waals surface area contributed by atoms with Gasteiger partial charge in [0, 0.05) is 22.8 Å². The van der Waals surface area contributed by atoms with Gasteiger partial charge in [-0.2, -0.15) is 0 Å². The minimum atomic E-state index is 0.368. The highest BCUT2D eigenvalue weighted by Crippen LogP contribution is 2.19. The fourth-order valence-corrected chi connectivity index (χ4v) is 2.19. The number of anilines is 1. The predicted octanol–water partition coefficient (Wildman–Crippen LogP) is 3.09. The van der Waals surface area contributed by atoms with Crippen LogP contribution in [0.5, 0.6) is 0 Å². The van der Waals surface area contributed by atoms with Crippen molar-refractivity contribution >= 4 is 38.8 Å². The molecule has 0 saturated heterocycles. The van der Waals surface area contributed by atoms with Crippen LogP contribution in [0, 0.1) is 0 Å². The highest BCUT2D eigenvalue weighted by molar-refractivity contribution is 9.10. The number of benzene rings is 1. The minimum absolute atomic E-state index is 0.368. The first-order valence-electron chi connectivity index (χ1n) is 5.39. The molecule has 0 aliphatic carbocycles. The van der Waals surface area contributed by atoms with Crippen molar-refractivity contribution < 1.29 is 0 Å². The lowest BCUT2D eigenvalue weighted by Gasteiger charge is -2.11. The molecular formula is C13H12BrN3S. The number of nitrogens with one attached hydrogen (secondary N) is 1. The zero-order chi connectivity index (χ0) is 13.0. The second-order valence-corrected chi connectivity index (χ2v) is 5.02. The van der Waals surface area contributed by atoms with Crippen molar-refractivity contribution in [2.75, 3.05) is 5.32 Å². The van der Waals surface area contributed by atoms with E-state index in [0.717, 1.165) is 21.3 Å². The van der Waals surface area contributed by atoms with Gasteiger partial charge >= 0.3 is 0 Å². The van der Waals surface area contributed by atoms with Crippen molar-refractivity contribution in [3.8, 4) is 0 Å². The molecule has 0 aliphatic heterocycles. The molecule has 1 aromatic carbocycles. The Labute approximate surface area is 120 Å². The molecular weight excluding hydrogens is 310 g/mol. The van der Waals surface area contributed by atoms with Gasteiger partial charge in [-0.1, -0.05) is 46.3 Å². The molecule has 1 aromatic heterocycles.